The number of nitrogens with zero attached hydrogens (tertiary/aromatic N) is 5. The monoisotopic (exact) mass is 451 g/mol. The number of rotatable bonds is 5. The molecule has 4 heterocycles. The third kappa shape index (κ3) is 4.77. The van der Waals surface area contributed by atoms with Crippen LogP contribution in [0.2, 0.25) is 0 Å². The topological polar surface area (TPSA) is 61.2 Å². The molecule has 0 spiro atoms. The van der Waals surface area contributed by atoms with Crippen LogP contribution in [0.15, 0.2) is 52.8 Å². The highest BCUT2D eigenvalue weighted by Gasteiger charge is 2.31. The normalized spacial score (nSPS) is 20.6. The van der Waals surface area contributed by atoms with Gasteiger partial charge in [0.05, 0.1) is 11.6 Å². The molecule has 168 valence electrons. The van der Waals surface area contributed by atoms with Crippen molar-refractivity contribution in [1.82, 2.24) is 24.1 Å². The van der Waals surface area contributed by atoms with E-state index in [1.54, 1.807) is 16.7 Å². The number of hydrogen-bond acceptors (Lipinski definition) is 6. The van der Waals surface area contributed by atoms with Crippen LogP contribution in [0.1, 0.15) is 24.1 Å². The second-order valence-corrected chi connectivity index (χ2v) is 9.68. The van der Waals surface area contributed by atoms with Gasteiger partial charge in [-0.15, -0.1) is 11.3 Å². The number of piperidine rings is 1. The molecule has 1 aromatic carbocycles. The van der Waals surface area contributed by atoms with Gasteiger partial charge in [-0.25, -0.2) is 4.98 Å². The van der Waals surface area contributed by atoms with Gasteiger partial charge in [-0.05, 0) is 24.9 Å². The van der Waals surface area contributed by atoms with E-state index < -0.39 is 0 Å². The first-order valence-corrected chi connectivity index (χ1v) is 12.3. The van der Waals surface area contributed by atoms with Crippen LogP contribution in [0.5, 0.6) is 0 Å². The molecule has 32 heavy (non-hydrogen) atoms. The summed E-state index contributed by atoms with van der Waals surface area (Å²) in [5.41, 5.74) is 2.08. The zero-order valence-electron chi connectivity index (χ0n) is 18.2. The molecule has 0 radical (unpaired) electrons. The highest BCUT2D eigenvalue weighted by molar-refractivity contribution is 7.15. The molecule has 2 aromatic heterocycles. The van der Waals surface area contributed by atoms with Gasteiger partial charge in [-0.2, -0.15) is 0 Å². The van der Waals surface area contributed by atoms with Gasteiger partial charge in [-0.3, -0.25) is 23.8 Å². The predicted octanol–water partition coefficient (Wildman–Crippen LogP) is 2.31. The summed E-state index contributed by atoms with van der Waals surface area (Å²) in [6, 6.07) is 12.1. The van der Waals surface area contributed by atoms with Crippen molar-refractivity contribution in [2.45, 2.75) is 25.9 Å². The maximum absolute atomic E-state index is 13.2. The summed E-state index contributed by atoms with van der Waals surface area (Å²) in [5.74, 6) is 0.403. The molecule has 2 aliphatic rings. The van der Waals surface area contributed by atoms with E-state index in [4.69, 9.17) is 0 Å². The molecular weight excluding hydrogens is 422 g/mol. The molecule has 8 heteroatoms. The Morgan fingerprint density at radius 3 is 2.66 bits per heavy atom. The Hall–Kier alpha value is -2.55. The van der Waals surface area contributed by atoms with E-state index in [0.717, 1.165) is 69.3 Å². The number of benzene rings is 1. The number of likely N-dealkylation sites (tertiary alicyclic amines) is 1. The van der Waals surface area contributed by atoms with Gasteiger partial charge in [0.1, 0.15) is 0 Å². The van der Waals surface area contributed by atoms with Gasteiger partial charge in [0.2, 0.25) is 5.91 Å². The average molecular weight is 452 g/mol. The lowest BCUT2D eigenvalue weighted by molar-refractivity contribution is -0.139. The standard InChI is InChI=1S/C24H29N5O2S/c30-22-15-21(25-24-29(22)13-14-32-24)18-26-9-11-28(12-10-26)23(31)20-7-4-8-27(17-20)16-19-5-2-1-3-6-19/h1-3,5-6,13-15,20H,4,7-12,16-18H2. The van der Waals surface area contributed by atoms with Crippen molar-refractivity contribution in [3.63, 3.8) is 0 Å². The van der Waals surface area contributed by atoms with Crippen molar-refractivity contribution < 1.29 is 4.79 Å². The van der Waals surface area contributed by atoms with Crippen LogP contribution in [0.25, 0.3) is 4.96 Å². The molecule has 0 aliphatic carbocycles. The number of aromatic nitrogens is 2. The first-order valence-electron chi connectivity index (χ1n) is 11.4. The van der Waals surface area contributed by atoms with Crippen molar-refractivity contribution in [2.24, 2.45) is 5.92 Å². The van der Waals surface area contributed by atoms with E-state index in [2.05, 4.69) is 39.0 Å². The molecule has 2 aliphatic heterocycles. The molecule has 1 atom stereocenters. The highest BCUT2D eigenvalue weighted by atomic mass is 32.1. The van der Waals surface area contributed by atoms with E-state index >= 15 is 0 Å². The van der Waals surface area contributed by atoms with Crippen molar-refractivity contribution in [3.8, 4) is 0 Å². The van der Waals surface area contributed by atoms with Crippen LogP contribution in [-0.4, -0.2) is 69.3 Å². The van der Waals surface area contributed by atoms with Gasteiger partial charge in [0, 0.05) is 63.5 Å². The number of carbonyl (C=O) groups is 1. The minimum Gasteiger partial charge on any atom is -0.340 e. The van der Waals surface area contributed by atoms with Gasteiger partial charge >= 0.3 is 0 Å². The zero-order valence-corrected chi connectivity index (χ0v) is 19.0. The Labute approximate surface area is 191 Å². The maximum atomic E-state index is 13.2. The van der Waals surface area contributed by atoms with Gasteiger partial charge in [0.15, 0.2) is 4.96 Å². The van der Waals surface area contributed by atoms with Gasteiger partial charge < -0.3 is 4.90 Å². The number of amides is 1. The molecule has 0 bridgehead atoms. The minimum absolute atomic E-state index is 0.0302. The van der Waals surface area contributed by atoms with E-state index in [-0.39, 0.29) is 11.5 Å². The molecule has 2 fully saturated rings. The average Bonchev–Trinajstić information content (AvgIpc) is 3.29. The van der Waals surface area contributed by atoms with Crippen molar-refractivity contribution in [2.75, 3.05) is 39.3 Å². The Morgan fingerprint density at radius 1 is 1.03 bits per heavy atom. The molecule has 5 rings (SSSR count). The van der Waals surface area contributed by atoms with Crippen LogP contribution in [0.4, 0.5) is 0 Å². The molecule has 7 nitrogen and oxygen atoms in total. The molecule has 0 saturated carbocycles. The summed E-state index contributed by atoms with van der Waals surface area (Å²) in [6.07, 6.45) is 3.82. The summed E-state index contributed by atoms with van der Waals surface area (Å²) in [7, 11) is 0. The summed E-state index contributed by atoms with van der Waals surface area (Å²) in [4.78, 5) is 37.5. The van der Waals surface area contributed by atoms with E-state index in [1.807, 2.05) is 16.3 Å². The molecule has 3 aromatic rings. The van der Waals surface area contributed by atoms with Gasteiger partial charge in [-0.1, -0.05) is 30.3 Å². The third-order valence-corrected chi connectivity index (χ3v) is 7.29. The summed E-state index contributed by atoms with van der Waals surface area (Å²) in [6.45, 7) is 6.61. The Morgan fingerprint density at radius 2 is 1.84 bits per heavy atom. The smallest absolute Gasteiger partial charge is 0.258 e. The molecule has 0 N–H and O–H groups in total. The number of fused-ring (bicyclic) bond motifs is 1. The van der Waals surface area contributed by atoms with Crippen molar-refractivity contribution >= 4 is 22.2 Å². The van der Waals surface area contributed by atoms with Crippen molar-refractivity contribution in [1.29, 1.82) is 0 Å². The summed E-state index contributed by atoms with van der Waals surface area (Å²) in [5, 5.41) is 1.88. The lowest BCUT2D eigenvalue weighted by Crippen LogP contribution is -2.52. The molecule has 1 amide bonds. The van der Waals surface area contributed by atoms with Crippen LogP contribution < -0.4 is 5.56 Å². The van der Waals surface area contributed by atoms with E-state index in [0.29, 0.717) is 12.5 Å². The first kappa shape index (κ1) is 21.3. The summed E-state index contributed by atoms with van der Waals surface area (Å²) >= 11 is 1.47. The zero-order chi connectivity index (χ0) is 21.9. The SMILES string of the molecule is O=C(C1CCCN(Cc2ccccc2)C1)N1CCN(Cc2cc(=O)n3ccsc3n2)CC1. The fourth-order valence-corrected chi connectivity index (χ4v) is 5.56. The molecule has 2 saturated heterocycles. The Bertz CT molecular complexity index is 1120. The number of thiazole rings is 1. The maximum Gasteiger partial charge on any atom is 0.258 e. The van der Waals surface area contributed by atoms with Crippen LogP contribution in [0, 0.1) is 5.92 Å². The van der Waals surface area contributed by atoms with Gasteiger partial charge in [0.25, 0.3) is 5.56 Å². The quantitative estimate of drug-likeness (QED) is 0.596. The second kappa shape index (κ2) is 9.52. The van der Waals surface area contributed by atoms with E-state index in [1.165, 1.54) is 16.9 Å². The lowest BCUT2D eigenvalue weighted by Gasteiger charge is -2.39. The lowest BCUT2D eigenvalue weighted by atomic mass is 9.95. The highest BCUT2D eigenvalue weighted by Crippen LogP contribution is 2.21. The Balaban J connectivity index is 1.14. The van der Waals surface area contributed by atoms with Crippen LogP contribution >= 0.6 is 11.3 Å². The predicted molar refractivity (Wildman–Crippen MR) is 126 cm³/mol. The fourth-order valence-electron chi connectivity index (χ4n) is 4.82. The minimum atomic E-state index is -0.0302. The first-order chi connectivity index (χ1) is 15.7. The van der Waals surface area contributed by atoms with Crippen LogP contribution in [0.3, 0.4) is 0 Å². The number of carbonyl (C=O) groups excluding carboxylic acids is 1. The third-order valence-electron chi connectivity index (χ3n) is 6.53. The number of hydrogen-bond donors (Lipinski definition) is 0. The van der Waals surface area contributed by atoms with Crippen molar-refractivity contribution in [3.05, 3.63) is 69.6 Å². The second-order valence-electron chi connectivity index (χ2n) is 8.80. The fraction of sp³-hybridized carbons (Fsp3) is 0.458. The summed E-state index contributed by atoms with van der Waals surface area (Å²) < 4.78 is 1.58. The number of piperazine rings is 1. The molecule has 1 unspecified atom stereocenters. The Kier molecular flexibility index (Phi) is 6.34. The molecular formula is C24H29N5O2S. The van der Waals surface area contributed by atoms with Crippen LogP contribution in [-0.2, 0) is 17.9 Å². The largest absolute Gasteiger partial charge is 0.340 e. The van der Waals surface area contributed by atoms with E-state index in [9.17, 15) is 9.59 Å².